The molecule has 4 aromatic carbocycles. The number of rotatable bonds is 10. The number of hydrogen-bond donors (Lipinski definition) is 1. The van der Waals surface area contributed by atoms with E-state index in [1.165, 1.54) is 0 Å². The average molecular weight is 650 g/mol. The minimum atomic E-state index is -2.00. The van der Waals surface area contributed by atoms with E-state index in [9.17, 15) is 14.7 Å². The van der Waals surface area contributed by atoms with Gasteiger partial charge in [0.1, 0.15) is 19.2 Å². The Hall–Kier alpha value is -4.34. The van der Waals surface area contributed by atoms with Gasteiger partial charge < -0.3 is 19.5 Å². The van der Waals surface area contributed by atoms with Gasteiger partial charge in [-0.05, 0) is 44.0 Å². The molecule has 2 heterocycles. The maximum atomic E-state index is 14.7. The van der Waals surface area contributed by atoms with E-state index in [0.29, 0.717) is 48.2 Å². The molecule has 3 unspecified atom stereocenters. The van der Waals surface area contributed by atoms with Crippen molar-refractivity contribution in [1.82, 2.24) is 4.90 Å². The molecule has 2 aliphatic heterocycles. The summed E-state index contributed by atoms with van der Waals surface area (Å²) in [5.41, 5.74) is -1.42. The molecule has 0 bridgehead atoms. The van der Waals surface area contributed by atoms with Crippen molar-refractivity contribution in [2.75, 3.05) is 40.3 Å². The van der Waals surface area contributed by atoms with Gasteiger partial charge in [0.15, 0.2) is 6.10 Å². The van der Waals surface area contributed by atoms with E-state index >= 15 is 0 Å². The molecular formula is C40H45N2O6+. The van der Waals surface area contributed by atoms with Crippen LogP contribution in [0.1, 0.15) is 47.9 Å². The molecule has 0 aromatic heterocycles. The number of carbonyl (C=O) groups is 2. The Balaban J connectivity index is 1.32. The Labute approximate surface area is 283 Å². The fourth-order valence-corrected chi connectivity index (χ4v) is 7.11. The van der Waals surface area contributed by atoms with Crippen molar-refractivity contribution < 1.29 is 33.7 Å². The third kappa shape index (κ3) is 6.93. The highest BCUT2D eigenvalue weighted by molar-refractivity contribution is 5.86. The summed E-state index contributed by atoms with van der Waals surface area (Å²) in [6, 6.07) is 36.7. The SMILES string of the molecule is CN1CCCC(OC(=O)C(O[N+]2(C)CCCC(OC(=O)C(O)(c3ccccc3)c3ccccc3)C2)(c2ccccc2)c2ccccc2)C1. The van der Waals surface area contributed by atoms with Crippen LogP contribution in [0.5, 0.6) is 0 Å². The lowest BCUT2D eigenvalue weighted by molar-refractivity contribution is -1.10. The molecule has 0 aliphatic carbocycles. The number of piperidine rings is 2. The number of likely N-dealkylation sites (tertiary alicyclic amines) is 2. The maximum absolute atomic E-state index is 14.7. The molecule has 0 spiro atoms. The van der Waals surface area contributed by atoms with Gasteiger partial charge in [-0.25, -0.2) is 9.59 Å². The topological polar surface area (TPSA) is 85.3 Å². The maximum Gasteiger partial charge on any atom is 0.354 e. The van der Waals surface area contributed by atoms with Crippen LogP contribution in [0.2, 0.25) is 0 Å². The van der Waals surface area contributed by atoms with Gasteiger partial charge in [0.05, 0.1) is 7.05 Å². The minimum Gasteiger partial charge on any atom is -0.458 e. The van der Waals surface area contributed by atoms with Crippen molar-refractivity contribution in [2.45, 2.75) is 49.1 Å². The molecule has 0 amide bonds. The van der Waals surface area contributed by atoms with Gasteiger partial charge in [-0.1, -0.05) is 121 Å². The second kappa shape index (κ2) is 14.4. The predicted octanol–water partition coefficient (Wildman–Crippen LogP) is 5.59. The fourth-order valence-electron chi connectivity index (χ4n) is 7.11. The predicted molar refractivity (Wildman–Crippen MR) is 182 cm³/mol. The van der Waals surface area contributed by atoms with Gasteiger partial charge in [0, 0.05) is 24.1 Å². The lowest BCUT2D eigenvalue weighted by Gasteiger charge is -2.44. The molecule has 48 heavy (non-hydrogen) atoms. The molecule has 0 saturated carbocycles. The molecule has 6 rings (SSSR count). The molecular weight excluding hydrogens is 604 g/mol. The van der Waals surface area contributed by atoms with Gasteiger partial charge in [0.25, 0.3) is 5.60 Å². The Morgan fingerprint density at radius 2 is 1.15 bits per heavy atom. The van der Waals surface area contributed by atoms with Crippen LogP contribution in [0.3, 0.4) is 0 Å². The summed E-state index contributed by atoms with van der Waals surface area (Å²) in [6.07, 6.45) is 2.14. The van der Waals surface area contributed by atoms with E-state index in [-0.39, 0.29) is 17.3 Å². The van der Waals surface area contributed by atoms with Crippen molar-refractivity contribution in [2.24, 2.45) is 0 Å². The molecule has 250 valence electrons. The Bertz CT molecular complexity index is 1570. The van der Waals surface area contributed by atoms with Crippen LogP contribution in [0.15, 0.2) is 121 Å². The quantitative estimate of drug-likeness (QED) is 0.177. The van der Waals surface area contributed by atoms with Crippen LogP contribution in [-0.4, -0.2) is 79.1 Å². The first-order chi connectivity index (χ1) is 23.2. The van der Waals surface area contributed by atoms with Crippen LogP contribution < -0.4 is 0 Å². The molecule has 8 nitrogen and oxygen atoms in total. The van der Waals surface area contributed by atoms with Gasteiger partial charge >= 0.3 is 11.9 Å². The molecule has 4 aromatic rings. The Morgan fingerprint density at radius 1 is 0.688 bits per heavy atom. The zero-order valence-corrected chi connectivity index (χ0v) is 27.7. The van der Waals surface area contributed by atoms with Gasteiger partial charge in [-0.3, -0.25) is 0 Å². The number of hydrogen-bond acceptors (Lipinski definition) is 7. The van der Waals surface area contributed by atoms with Crippen molar-refractivity contribution in [3.63, 3.8) is 0 Å². The second-order valence-electron chi connectivity index (χ2n) is 13.3. The zero-order valence-electron chi connectivity index (χ0n) is 27.7. The number of ether oxygens (including phenoxy) is 2. The summed E-state index contributed by atoms with van der Waals surface area (Å²) in [6.45, 7) is 2.47. The smallest absolute Gasteiger partial charge is 0.354 e. The van der Waals surface area contributed by atoms with E-state index in [0.717, 1.165) is 19.4 Å². The van der Waals surface area contributed by atoms with Crippen LogP contribution in [0.4, 0.5) is 0 Å². The van der Waals surface area contributed by atoms with Crippen molar-refractivity contribution in [1.29, 1.82) is 0 Å². The van der Waals surface area contributed by atoms with Gasteiger partial charge in [-0.15, -0.1) is 0 Å². The highest BCUT2D eigenvalue weighted by Crippen LogP contribution is 2.40. The number of benzene rings is 4. The summed E-state index contributed by atoms with van der Waals surface area (Å²) < 4.78 is 12.5. The first-order valence-electron chi connectivity index (χ1n) is 16.8. The van der Waals surface area contributed by atoms with E-state index < -0.39 is 29.2 Å². The van der Waals surface area contributed by atoms with E-state index in [1.807, 2.05) is 86.9 Å². The Kier molecular flexibility index (Phi) is 10.1. The van der Waals surface area contributed by atoms with Crippen LogP contribution in [0, 0.1) is 0 Å². The zero-order chi connectivity index (χ0) is 33.6. The van der Waals surface area contributed by atoms with Crippen LogP contribution in [0.25, 0.3) is 0 Å². The molecule has 2 fully saturated rings. The number of esters is 2. The van der Waals surface area contributed by atoms with Crippen molar-refractivity contribution >= 4 is 11.9 Å². The third-order valence-corrected chi connectivity index (χ3v) is 9.56. The standard InChI is InChI=1S/C40H45N2O6/c1-41-27-15-25-35(29-41)46-38(44)40(33-21-11-5-12-22-33,34-23-13-6-14-24-34)48-42(2)28-16-26-36(30-42)47-37(43)39(45,31-17-7-3-8-18-31)32-19-9-4-10-20-32/h3-14,17-24,35-36,45H,15-16,25-30H2,1-2H3/q+1. The van der Waals surface area contributed by atoms with Gasteiger partial charge in [0.2, 0.25) is 5.60 Å². The monoisotopic (exact) mass is 649 g/mol. The molecule has 2 saturated heterocycles. The molecule has 1 N–H and O–H groups in total. The number of likely N-dealkylation sites (N-methyl/N-ethyl adjacent to an activating group) is 2. The molecule has 8 heteroatoms. The number of aliphatic hydroxyl groups is 1. The molecule has 2 aliphatic rings. The number of carbonyl (C=O) groups excluding carboxylic acids is 2. The minimum absolute atomic E-state index is 0.0174. The van der Waals surface area contributed by atoms with E-state index in [4.69, 9.17) is 14.3 Å². The molecule has 0 radical (unpaired) electrons. The lowest BCUT2D eigenvalue weighted by Crippen LogP contribution is -2.60. The van der Waals surface area contributed by atoms with Crippen molar-refractivity contribution in [3.8, 4) is 0 Å². The fraction of sp³-hybridized carbons (Fsp3) is 0.350. The summed E-state index contributed by atoms with van der Waals surface area (Å²) in [7, 11) is 3.96. The van der Waals surface area contributed by atoms with Crippen molar-refractivity contribution in [3.05, 3.63) is 144 Å². The summed E-state index contributed by atoms with van der Waals surface area (Å²) in [4.78, 5) is 38.0. The number of quaternary nitrogens is 1. The first kappa shape index (κ1) is 33.6. The highest BCUT2D eigenvalue weighted by atomic mass is 16.7. The lowest BCUT2D eigenvalue weighted by atomic mass is 9.86. The summed E-state index contributed by atoms with van der Waals surface area (Å²) in [5.74, 6) is -1.22. The highest BCUT2D eigenvalue weighted by Gasteiger charge is 2.54. The van der Waals surface area contributed by atoms with E-state index in [1.54, 1.807) is 48.5 Å². The van der Waals surface area contributed by atoms with Crippen LogP contribution >= 0.6 is 0 Å². The number of hydroxylamine groups is 3. The third-order valence-electron chi connectivity index (χ3n) is 9.56. The largest absolute Gasteiger partial charge is 0.458 e. The van der Waals surface area contributed by atoms with E-state index in [2.05, 4.69) is 4.90 Å². The van der Waals surface area contributed by atoms with Gasteiger partial charge in [-0.2, -0.15) is 9.48 Å². The average Bonchev–Trinajstić information content (AvgIpc) is 3.11. The van der Waals surface area contributed by atoms with Crippen LogP contribution in [-0.2, 0) is 35.1 Å². The normalized spacial score (nSPS) is 22.1. The summed E-state index contributed by atoms with van der Waals surface area (Å²) in [5, 5.41) is 12.0. The first-order valence-corrected chi connectivity index (χ1v) is 16.8. The number of nitrogens with zero attached hydrogens (tertiary/aromatic N) is 2. The summed E-state index contributed by atoms with van der Waals surface area (Å²) >= 11 is 0. The Morgan fingerprint density at radius 3 is 1.65 bits per heavy atom. The molecule has 3 atom stereocenters. The second-order valence-corrected chi connectivity index (χ2v) is 13.3.